The van der Waals surface area contributed by atoms with E-state index in [0.717, 1.165) is 33.8 Å². The van der Waals surface area contributed by atoms with Crippen LogP contribution in [-0.4, -0.2) is 25.4 Å². The van der Waals surface area contributed by atoms with Crippen LogP contribution >= 0.6 is 0 Å². The highest BCUT2D eigenvalue weighted by Gasteiger charge is 2.08. The molecule has 4 rings (SSSR count). The Morgan fingerprint density at radius 2 is 1.28 bits per heavy atom. The molecule has 5 nitrogen and oxygen atoms in total. The van der Waals surface area contributed by atoms with E-state index in [9.17, 15) is 10.2 Å². The van der Waals surface area contributed by atoms with Gasteiger partial charge in [-0.05, 0) is 65.7 Å². The minimum Gasteiger partial charge on any atom is -0.508 e. The molecule has 122 valence electrons. The van der Waals surface area contributed by atoms with Crippen molar-refractivity contribution in [1.82, 2.24) is 15.2 Å². The highest BCUT2D eigenvalue weighted by atomic mass is 16.3. The van der Waals surface area contributed by atoms with Crippen molar-refractivity contribution in [2.45, 2.75) is 0 Å². The first kappa shape index (κ1) is 15.0. The molecule has 3 N–H and O–H groups in total. The number of hydrogen-bond acceptors (Lipinski definition) is 4. The van der Waals surface area contributed by atoms with Gasteiger partial charge in [-0.2, -0.15) is 5.10 Å². The summed E-state index contributed by atoms with van der Waals surface area (Å²) in [5.41, 5.74) is 5.29. The lowest BCUT2D eigenvalue weighted by Crippen LogP contribution is -1.85. The molecule has 0 fully saturated rings. The van der Waals surface area contributed by atoms with Crippen LogP contribution in [0, 0.1) is 0 Å². The van der Waals surface area contributed by atoms with Crippen LogP contribution in [0.1, 0.15) is 0 Å². The van der Waals surface area contributed by atoms with Gasteiger partial charge in [0.2, 0.25) is 0 Å². The molecule has 0 aliphatic rings. The van der Waals surface area contributed by atoms with Crippen LogP contribution in [0.25, 0.3) is 33.8 Å². The summed E-state index contributed by atoms with van der Waals surface area (Å²) in [7, 11) is 0. The molecular formula is C20H15N3O2. The van der Waals surface area contributed by atoms with Gasteiger partial charge in [0.1, 0.15) is 11.5 Å². The molecule has 0 spiro atoms. The summed E-state index contributed by atoms with van der Waals surface area (Å²) in [6.07, 6.45) is 1.75. The van der Waals surface area contributed by atoms with Crippen molar-refractivity contribution in [2.75, 3.05) is 0 Å². The molecule has 0 radical (unpaired) electrons. The maximum absolute atomic E-state index is 9.42. The van der Waals surface area contributed by atoms with Crippen LogP contribution in [0.4, 0.5) is 0 Å². The second kappa shape index (κ2) is 6.13. The monoisotopic (exact) mass is 329 g/mol. The number of rotatable bonds is 3. The Kier molecular flexibility index (Phi) is 3.67. The minimum absolute atomic E-state index is 0.225. The third-order valence-electron chi connectivity index (χ3n) is 3.98. The Morgan fingerprint density at radius 1 is 0.640 bits per heavy atom. The first-order chi connectivity index (χ1) is 12.2. The Hall–Kier alpha value is -3.60. The van der Waals surface area contributed by atoms with Crippen molar-refractivity contribution in [3.8, 4) is 45.3 Å². The highest BCUT2D eigenvalue weighted by molar-refractivity contribution is 5.72. The standard InChI is InChI=1S/C20H15N3O2/c24-16-5-1-13(2-6-16)15-9-10-21-19(11-15)20-12-18(22-23-20)14-3-7-17(25)8-4-14/h1-12,24-25H,(H,22,23). The van der Waals surface area contributed by atoms with Crippen molar-refractivity contribution in [2.24, 2.45) is 0 Å². The van der Waals surface area contributed by atoms with E-state index < -0.39 is 0 Å². The summed E-state index contributed by atoms with van der Waals surface area (Å²) in [6, 6.07) is 19.8. The van der Waals surface area contributed by atoms with Gasteiger partial charge in [-0.1, -0.05) is 12.1 Å². The molecule has 2 aromatic carbocycles. The number of H-pyrrole nitrogens is 1. The lowest BCUT2D eigenvalue weighted by molar-refractivity contribution is 0.475. The van der Waals surface area contributed by atoms with Crippen LogP contribution in [-0.2, 0) is 0 Å². The zero-order valence-corrected chi connectivity index (χ0v) is 13.2. The van der Waals surface area contributed by atoms with Crippen molar-refractivity contribution >= 4 is 0 Å². The van der Waals surface area contributed by atoms with E-state index in [0.29, 0.717) is 0 Å². The number of benzene rings is 2. The van der Waals surface area contributed by atoms with Crippen LogP contribution in [0.2, 0.25) is 0 Å². The van der Waals surface area contributed by atoms with Crippen molar-refractivity contribution in [3.63, 3.8) is 0 Å². The van der Waals surface area contributed by atoms with E-state index in [-0.39, 0.29) is 11.5 Å². The SMILES string of the molecule is Oc1ccc(-c2ccnc(-c3cc(-c4ccc(O)cc4)n[nH]3)c2)cc1. The maximum atomic E-state index is 9.42. The van der Waals surface area contributed by atoms with Gasteiger partial charge in [0, 0.05) is 11.8 Å². The van der Waals surface area contributed by atoms with Gasteiger partial charge in [-0.3, -0.25) is 10.1 Å². The predicted molar refractivity (Wildman–Crippen MR) is 96.0 cm³/mol. The number of hydrogen-bond donors (Lipinski definition) is 3. The smallest absolute Gasteiger partial charge is 0.115 e. The fourth-order valence-electron chi connectivity index (χ4n) is 2.64. The second-order valence-electron chi connectivity index (χ2n) is 5.69. The Morgan fingerprint density at radius 3 is 1.96 bits per heavy atom. The minimum atomic E-state index is 0.225. The summed E-state index contributed by atoms with van der Waals surface area (Å²) in [4.78, 5) is 4.41. The predicted octanol–water partition coefficient (Wildman–Crippen LogP) is 4.22. The number of aromatic amines is 1. The van der Waals surface area contributed by atoms with Crippen LogP contribution in [0.5, 0.6) is 11.5 Å². The number of aromatic nitrogens is 3. The van der Waals surface area contributed by atoms with Gasteiger partial charge >= 0.3 is 0 Å². The maximum Gasteiger partial charge on any atom is 0.115 e. The Bertz CT molecular complexity index is 1010. The molecule has 0 aliphatic carbocycles. The van der Waals surface area contributed by atoms with E-state index in [4.69, 9.17) is 0 Å². The lowest BCUT2D eigenvalue weighted by Gasteiger charge is -2.04. The van der Waals surface area contributed by atoms with Crippen LogP contribution < -0.4 is 0 Å². The van der Waals surface area contributed by atoms with E-state index in [2.05, 4.69) is 15.2 Å². The summed E-state index contributed by atoms with van der Waals surface area (Å²) < 4.78 is 0. The van der Waals surface area contributed by atoms with Crippen LogP contribution in [0.3, 0.4) is 0 Å². The Balaban J connectivity index is 1.67. The average Bonchev–Trinajstić information content (AvgIpc) is 3.13. The van der Waals surface area contributed by atoms with Crippen molar-refractivity contribution in [1.29, 1.82) is 0 Å². The highest BCUT2D eigenvalue weighted by Crippen LogP contribution is 2.27. The molecule has 5 heteroatoms. The average molecular weight is 329 g/mol. The van der Waals surface area contributed by atoms with Crippen molar-refractivity contribution in [3.05, 3.63) is 72.9 Å². The van der Waals surface area contributed by atoms with E-state index >= 15 is 0 Å². The molecule has 0 amide bonds. The quantitative estimate of drug-likeness (QED) is 0.526. The first-order valence-electron chi connectivity index (χ1n) is 7.80. The molecule has 0 atom stereocenters. The summed E-state index contributed by atoms with van der Waals surface area (Å²) >= 11 is 0. The van der Waals surface area contributed by atoms with Gasteiger partial charge in [0.25, 0.3) is 0 Å². The van der Waals surface area contributed by atoms with E-state index in [1.165, 1.54) is 0 Å². The molecule has 4 aromatic rings. The number of aromatic hydroxyl groups is 2. The molecule has 2 heterocycles. The second-order valence-corrected chi connectivity index (χ2v) is 5.69. The first-order valence-corrected chi connectivity index (χ1v) is 7.80. The summed E-state index contributed by atoms with van der Waals surface area (Å²) in [5.74, 6) is 0.466. The third-order valence-corrected chi connectivity index (χ3v) is 3.98. The van der Waals surface area contributed by atoms with Gasteiger partial charge in [-0.15, -0.1) is 0 Å². The molecule has 25 heavy (non-hydrogen) atoms. The molecule has 2 aromatic heterocycles. The molecule has 0 saturated carbocycles. The fourth-order valence-corrected chi connectivity index (χ4v) is 2.64. The molecular weight excluding hydrogens is 314 g/mol. The lowest BCUT2D eigenvalue weighted by atomic mass is 10.0. The van der Waals surface area contributed by atoms with Gasteiger partial charge in [0.15, 0.2) is 0 Å². The number of nitrogens with one attached hydrogen (secondary N) is 1. The van der Waals surface area contributed by atoms with Crippen LogP contribution in [0.15, 0.2) is 72.9 Å². The summed E-state index contributed by atoms with van der Waals surface area (Å²) in [6.45, 7) is 0. The van der Waals surface area contributed by atoms with Crippen molar-refractivity contribution < 1.29 is 10.2 Å². The third kappa shape index (κ3) is 3.07. The van der Waals surface area contributed by atoms with Gasteiger partial charge in [0.05, 0.1) is 17.1 Å². The van der Waals surface area contributed by atoms with Gasteiger partial charge in [-0.25, -0.2) is 0 Å². The van der Waals surface area contributed by atoms with E-state index in [1.807, 2.05) is 42.5 Å². The number of phenolic OH excluding ortho intramolecular Hbond substituents is 2. The number of pyridine rings is 1. The molecule has 0 aliphatic heterocycles. The van der Waals surface area contributed by atoms with Gasteiger partial charge < -0.3 is 10.2 Å². The fraction of sp³-hybridized carbons (Fsp3) is 0. The molecule has 0 bridgehead atoms. The molecule has 0 unspecified atom stereocenters. The summed E-state index contributed by atoms with van der Waals surface area (Å²) in [5, 5.41) is 26.1. The largest absolute Gasteiger partial charge is 0.508 e. The molecule has 0 saturated heterocycles. The number of nitrogens with zero attached hydrogens (tertiary/aromatic N) is 2. The Labute approximate surface area is 144 Å². The number of phenols is 2. The zero-order valence-electron chi connectivity index (χ0n) is 13.2. The van der Waals surface area contributed by atoms with E-state index in [1.54, 1.807) is 30.5 Å². The zero-order chi connectivity index (χ0) is 17.2. The topological polar surface area (TPSA) is 82.0 Å². The normalized spacial score (nSPS) is 10.7.